The van der Waals surface area contributed by atoms with Gasteiger partial charge < -0.3 is 10.0 Å². The summed E-state index contributed by atoms with van der Waals surface area (Å²) >= 11 is 0. The van der Waals surface area contributed by atoms with Crippen LogP contribution in [0.25, 0.3) is 11.3 Å². The molecule has 7 heteroatoms. The molecule has 1 fully saturated rings. The minimum absolute atomic E-state index is 0.228. The number of carboxylic acids is 1. The van der Waals surface area contributed by atoms with E-state index in [1.54, 1.807) is 10.9 Å². The van der Waals surface area contributed by atoms with Crippen LogP contribution in [0.2, 0.25) is 0 Å². The fraction of sp³-hybridized carbons (Fsp3) is 0.185. The predicted molar refractivity (Wildman–Crippen MR) is 127 cm³/mol. The Morgan fingerprint density at radius 1 is 0.853 bits per heavy atom. The number of benzene rings is 3. The lowest BCUT2D eigenvalue weighted by Crippen LogP contribution is -2.43. The Kier molecular flexibility index (Phi) is 5.91. The van der Waals surface area contributed by atoms with Gasteiger partial charge in [0.15, 0.2) is 0 Å². The van der Waals surface area contributed by atoms with Gasteiger partial charge in [-0.2, -0.15) is 0 Å². The van der Waals surface area contributed by atoms with E-state index in [2.05, 4.69) is 10.3 Å². The summed E-state index contributed by atoms with van der Waals surface area (Å²) in [6.45, 7) is 0.245. The second-order valence-electron chi connectivity index (χ2n) is 8.42. The fourth-order valence-corrected chi connectivity index (χ4v) is 4.73. The first-order valence-corrected chi connectivity index (χ1v) is 11.2. The number of aliphatic carboxylic acids is 1. The summed E-state index contributed by atoms with van der Waals surface area (Å²) in [6, 6.07) is 27.5. The molecular weight excluding hydrogens is 428 g/mol. The van der Waals surface area contributed by atoms with Crippen molar-refractivity contribution in [1.29, 1.82) is 0 Å². The van der Waals surface area contributed by atoms with Crippen LogP contribution in [0.15, 0.2) is 97.2 Å². The number of hydrogen-bond donors (Lipinski definition) is 1. The standard InChI is InChI=1S/C27H24N4O3/c32-26(25(20-12-6-2-7-13-20)21-14-8-3-9-15-21)30-18-22(16-23(30)27(33)34)31-24(17-28-29-31)19-10-4-1-5-11-19/h1-15,17,22-23,25H,16,18H2,(H,33,34)/t22-,23-/m0/s1. The molecule has 5 rings (SSSR count). The molecule has 7 nitrogen and oxygen atoms in total. The normalized spacial score (nSPS) is 17.7. The number of nitrogens with zero attached hydrogens (tertiary/aromatic N) is 4. The topological polar surface area (TPSA) is 88.3 Å². The zero-order valence-corrected chi connectivity index (χ0v) is 18.4. The zero-order valence-electron chi connectivity index (χ0n) is 18.4. The van der Waals surface area contributed by atoms with Crippen LogP contribution in [0.3, 0.4) is 0 Å². The molecule has 3 aromatic carbocycles. The lowest BCUT2D eigenvalue weighted by Gasteiger charge is -2.27. The van der Waals surface area contributed by atoms with Gasteiger partial charge in [0.2, 0.25) is 5.91 Å². The molecule has 2 heterocycles. The molecule has 0 aliphatic carbocycles. The summed E-state index contributed by atoms with van der Waals surface area (Å²) in [5, 5.41) is 18.4. The van der Waals surface area contributed by atoms with Gasteiger partial charge in [-0.25, -0.2) is 9.48 Å². The summed E-state index contributed by atoms with van der Waals surface area (Å²) in [7, 11) is 0. The highest BCUT2D eigenvalue weighted by atomic mass is 16.4. The largest absolute Gasteiger partial charge is 0.480 e. The third-order valence-corrected chi connectivity index (χ3v) is 6.35. The van der Waals surface area contributed by atoms with Crippen molar-refractivity contribution in [2.75, 3.05) is 6.54 Å². The van der Waals surface area contributed by atoms with Crippen molar-refractivity contribution in [2.45, 2.75) is 24.4 Å². The van der Waals surface area contributed by atoms with Crippen LogP contribution in [0.1, 0.15) is 29.5 Å². The number of aromatic nitrogens is 3. The van der Waals surface area contributed by atoms with E-state index < -0.39 is 17.9 Å². The number of likely N-dealkylation sites (tertiary alicyclic amines) is 1. The SMILES string of the molecule is O=C(O)[C@@H]1C[C@H](n2nncc2-c2ccccc2)CN1C(=O)C(c1ccccc1)c1ccccc1. The summed E-state index contributed by atoms with van der Waals surface area (Å²) in [5.41, 5.74) is 3.40. The lowest BCUT2D eigenvalue weighted by molar-refractivity contribution is -0.148. The molecule has 2 atom stereocenters. The molecule has 1 N–H and O–H groups in total. The number of carboxylic acid groups (broad SMARTS) is 1. The minimum Gasteiger partial charge on any atom is -0.480 e. The van der Waals surface area contributed by atoms with Crippen LogP contribution in [-0.4, -0.2) is 49.5 Å². The molecule has 1 aliphatic rings. The first kappa shape index (κ1) is 21.6. The summed E-state index contributed by atoms with van der Waals surface area (Å²) < 4.78 is 1.75. The van der Waals surface area contributed by atoms with Crippen LogP contribution in [-0.2, 0) is 9.59 Å². The van der Waals surface area contributed by atoms with E-state index in [-0.39, 0.29) is 24.9 Å². The van der Waals surface area contributed by atoms with Gasteiger partial charge in [0.1, 0.15) is 6.04 Å². The minimum atomic E-state index is -1.02. The number of rotatable bonds is 6. The van der Waals surface area contributed by atoms with Crippen molar-refractivity contribution >= 4 is 11.9 Å². The van der Waals surface area contributed by atoms with E-state index in [1.807, 2.05) is 91.0 Å². The maximum absolute atomic E-state index is 13.9. The number of carbonyl (C=O) groups is 2. The van der Waals surface area contributed by atoms with Gasteiger partial charge in [-0.3, -0.25) is 4.79 Å². The maximum atomic E-state index is 13.9. The smallest absolute Gasteiger partial charge is 0.326 e. The maximum Gasteiger partial charge on any atom is 0.326 e. The molecule has 170 valence electrons. The average Bonchev–Trinajstić information content (AvgIpc) is 3.54. The molecule has 1 amide bonds. The lowest BCUT2D eigenvalue weighted by atomic mass is 9.90. The number of amides is 1. The van der Waals surface area contributed by atoms with Gasteiger partial charge in [-0.15, -0.1) is 5.10 Å². The monoisotopic (exact) mass is 452 g/mol. The third-order valence-electron chi connectivity index (χ3n) is 6.35. The van der Waals surface area contributed by atoms with E-state index in [0.29, 0.717) is 0 Å². The molecule has 1 aliphatic heterocycles. The Bertz CT molecular complexity index is 1240. The molecule has 0 unspecified atom stereocenters. The van der Waals surface area contributed by atoms with Gasteiger partial charge >= 0.3 is 5.97 Å². The molecule has 1 saturated heterocycles. The van der Waals surface area contributed by atoms with Gasteiger partial charge in [-0.1, -0.05) is 96.2 Å². The fourth-order valence-electron chi connectivity index (χ4n) is 4.73. The Morgan fingerprint density at radius 2 is 1.41 bits per heavy atom. The Morgan fingerprint density at radius 3 is 1.97 bits per heavy atom. The predicted octanol–water partition coefficient (Wildman–Crippen LogP) is 4.00. The van der Waals surface area contributed by atoms with Crippen molar-refractivity contribution < 1.29 is 14.7 Å². The summed E-state index contributed by atoms with van der Waals surface area (Å²) in [6.07, 6.45) is 1.94. The molecule has 4 aromatic rings. The highest BCUT2D eigenvalue weighted by Gasteiger charge is 2.43. The number of hydrogen-bond acceptors (Lipinski definition) is 4. The first-order chi connectivity index (χ1) is 16.6. The van der Waals surface area contributed by atoms with Gasteiger partial charge in [0.25, 0.3) is 0 Å². The van der Waals surface area contributed by atoms with E-state index in [0.717, 1.165) is 22.4 Å². The van der Waals surface area contributed by atoms with E-state index in [1.165, 1.54) is 4.90 Å². The molecule has 1 aromatic heterocycles. The van der Waals surface area contributed by atoms with Gasteiger partial charge in [-0.05, 0) is 11.1 Å². The quantitative estimate of drug-likeness (QED) is 0.478. The van der Waals surface area contributed by atoms with Crippen molar-refractivity contribution in [2.24, 2.45) is 0 Å². The Balaban J connectivity index is 1.50. The molecule has 0 radical (unpaired) electrons. The highest BCUT2D eigenvalue weighted by molar-refractivity contribution is 5.91. The number of carbonyl (C=O) groups excluding carboxylic acids is 1. The van der Waals surface area contributed by atoms with Gasteiger partial charge in [0.05, 0.1) is 23.9 Å². The van der Waals surface area contributed by atoms with Crippen LogP contribution < -0.4 is 0 Å². The molecule has 0 spiro atoms. The van der Waals surface area contributed by atoms with Crippen LogP contribution in [0, 0.1) is 0 Å². The van der Waals surface area contributed by atoms with E-state index in [9.17, 15) is 14.7 Å². The van der Waals surface area contributed by atoms with Crippen molar-refractivity contribution in [1.82, 2.24) is 19.9 Å². The van der Waals surface area contributed by atoms with E-state index in [4.69, 9.17) is 0 Å². The van der Waals surface area contributed by atoms with Crippen LogP contribution in [0.5, 0.6) is 0 Å². The van der Waals surface area contributed by atoms with Crippen molar-refractivity contribution in [3.63, 3.8) is 0 Å². The second-order valence-corrected chi connectivity index (χ2v) is 8.42. The van der Waals surface area contributed by atoms with E-state index >= 15 is 0 Å². The molecule has 0 saturated carbocycles. The highest BCUT2D eigenvalue weighted by Crippen LogP contribution is 2.35. The second kappa shape index (κ2) is 9.31. The third kappa shape index (κ3) is 4.08. The van der Waals surface area contributed by atoms with Gasteiger partial charge in [0, 0.05) is 18.5 Å². The zero-order chi connectivity index (χ0) is 23.5. The molecule has 34 heavy (non-hydrogen) atoms. The average molecular weight is 453 g/mol. The van der Waals surface area contributed by atoms with Crippen molar-refractivity contribution in [3.8, 4) is 11.3 Å². The molecular formula is C27H24N4O3. The molecule has 0 bridgehead atoms. The Hall–Kier alpha value is -4.26. The van der Waals surface area contributed by atoms with Crippen LogP contribution in [0.4, 0.5) is 0 Å². The van der Waals surface area contributed by atoms with Crippen molar-refractivity contribution in [3.05, 3.63) is 108 Å². The summed E-state index contributed by atoms with van der Waals surface area (Å²) in [4.78, 5) is 27.7. The van der Waals surface area contributed by atoms with Crippen LogP contribution >= 0.6 is 0 Å². The Labute approximate surface area is 197 Å². The summed E-state index contributed by atoms with van der Waals surface area (Å²) in [5.74, 6) is -1.84. The first-order valence-electron chi connectivity index (χ1n) is 11.2.